The fourth-order valence-electron chi connectivity index (χ4n) is 2.41. The van der Waals surface area contributed by atoms with Gasteiger partial charge in [0.25, 0.3) is 0 Å². The van der Waals surface area contributed by atoms with E-state index in [1.54, 1.807) is 5.56 Å². The van der Waals surface area contributed by atoms with E-state index < -0.39 is 0 Å². The van der Waals surface area contributed by atoms with Gasteiger partial charge in [0, 0.05) is 32.7 Å². The quantitative estimate of drug-likeness (QED) is 0.834. The van der Waals surface area contributed by atoms with Gasteiger partial charge >= 0.3 is 0 Å². The maximum absolute atomic E-state index is 3.40. The number of aryl methyl sites for hydroxylation is 2. The lowest BCUT2D eigenvalue weighted by Crippen LogP contribution is -2.43. The summed E-state index contributed by atoms with van der Waals surface area (Å²) in [7, 11) is 0. The molecule has 0 atom stereocenters. The lowest BCUT2D eigenvalue weighted by molar-refractivity contribution is 0.232. The molecule has 1 aliphatic rings. The third-order valence-electron chi connectivity index (χ3n) is 3.48. The van der Waals surface area contributed by atoms with E-state index in [2.05, 4.69) is 42.3 Å². The number of benzene rings is 1. The molecule has 1 heterocycles. The molecule has 0 spiro atoms. The second kappa shape index (κ2) is 5.46. The van der Waals surface area contributed by atoms with Gasteiger partial charge in [0.15, 0.2) is 0 Å². The molecule has 2 nitrogen and oxygen atoms in total. The largest absolute Gasteiger partial charge is 0.314 e. The normalized spacial score (nSPS) is 17.6. The maximum Gasteiger partial charge on any atom is 0.0240 e. The molecular formula is C14H22N2. The molecule has 0 radical (unpaired) electrons. The Morgan fingerprint density at radius 2 is 2.00 bits per heavy atom. The summed E-state index contributed by atoms with van der Waals surface area (Å²) < 4.78 is 0. The van der Waals surface area contributed by atoms with E-state index in [1.165, 1.54) is 24.2 Å². The molecule has 1 saturated heterocycles. The Kier molecular flexibility index (Phi) is 3.97. The van der Waals surface area contributed by atoms with Gasteiger partial charge in [0.2, 0.25) is 0 Å². The van der Waals surface area contributed by atoms with Crippen LogP contribution in [0.25, 0.3) is 0 Å². The predicted molar refractivity (Wildman–Crippen MR) is 68.7 cm³/mol. The van der Waals surface area contributed by atoms with Crippen molar-refractivity contribution in [2.75, 3.05) is 26.2 Å². The number of hydrogen-bond donors (Lipinski definition) is 1. The first-order valence-electron chi connectivity index (χ1n) is 6.31. The zero-order valence-electron chi connectivity index (χ0n) is 10.4. The van der Waals surface area contributed by atoms with Crippen molar-refractivity contribution in [1.82, 2.24) is 10.2 Å². The van der Waals surface area contributed by atoms with Crippen LogP contribution in [0.15, 0.2) is 18.2 Å². The van der Waals surface area contributed by atoms with E-state index in [0.29, 0.717) is 0 Å². The zero-order chi connectivity index (χ0) is 11.4. The van der Waals surface area contributed by atoms with Crippen molar-refractivity contribution in [3.63, 3.8) is 0 Å². The van der Waals surface area contributed by atoms with Crippen molar-refractivity contribution in [3.8, 4) is 0 Å². The molecule has 16 heavy (non-hydrogen) atoms. The highest BCUT2D eigenvalue weighted by molar-refractivity contribution is 5.34. The highest BCUT2D eigenvalue weighted by Crippen LogP contribution is 2.17. The Labute approximate surface area is 98.7 Å². The molecule has 1 aliphatic heterocycles. The summed E-state index contributed by atoms with van der Waals surface area (Å²) in [6.45, 7) is 10.2. The molecule has 1 aromatic carbocycles. The van der Waals surface area contributed by atoms with Crippen molar-refractivity contribution >= 4 is 0 Å². The molecule has 1 aromatic rings. The topological polar surface area (TPSA) is 15.3 Å². The van der Waals surface area contributed by atoms with Crippen molar-refractivity contribution in [3.05, 3.63) is 34.9 Å². The first-order chi connectivity index (χ1) is 7.81. The van der Waals surface area contributed by atoms with Crippen LogP contribution in [0.4, 0.5) is 0 Å². The third kappa shape index (κ3) is 2.63. The summed E-state index contributed by atoms with van der Waals surface area (Å²) in [5.74, 6) is 0. The molecule has 0 aromatic heterocycles. The summed E-state index contributed by atoms with van der Waals surface area (Å²) in [5.41, 5.74) is 4.50. The molecule has 0 bridgehead atoms. The van der Waals surface area contributed by atoms with Crippen LogP contribution in [0, 0.1) is 6.92 Å². The molecule has 0 amide bonds. The minimum Gasteiger partial charge on any atom is -0.314 e. The monoisotopic (exact) mass is 218 g/mol. The Balaban J connectivity index is 2.12. The molecule has 0 unspecified atom stereocenters. The van der Waals surface area contributed by atoms with Gasteiger partial charge < -0.3 is 5.32 Å². The van der Waals surface area contributed by atoms with Crippen LogP contribution in [0.3, 0.4) is 0 Å². The number of nitrogens with zero attached hydrogens (tertiary/aromatic N) is 1. The summed E-state index contributed by atoms with van der Waals surface area (Å²) in [6, 6.07) is 6.68. The van der Waals surface area contributed by atoms with Crippen molar-refractivity contribution in [2.24, 2.45) is 0 Å². The Morgan fingerprint density at radius 1 is 1.25 bits per heavy atom. The van der Waals surface area contributed by atoms with Gasteiger partial charge in [0.1, 0.15) is 0 Å². The molecule has 0 saturated carbocycles. The van der Waals surface area contributed by atoms with Gasteiger partial charge in [0.05, 0.1) is 0 Å². The van der Waals surface area contributed by atoms with Crippen molar-refractivity contribution in [1.29, 1.82) is 0 Å². The van der Waals surface area contributed by atoms with Gasteiger partial charge in [-0.25, -0.2) is 0 Å². The number of hydrogen-bond acceptors (Lipinski definition) is 2. The fourth-order valence-corrected chi connectivity index (χ4v) is 2.41. The van der Waals surface area contributed by atoms with Gasteiger partial charge in [-0.15, -0.1) is 0 Å². The average Bonchev–Trinajstić information content (AvgIpc) is 2.33. The lowest BCUT2D eigenvalue weighted by atomic mass is 9.99. The standard InChI is InChI=1S/C14H22N2/c1-3-13-6-4-5-12(2)14(13)11-16-9-7-15-8-10-16/h4-6,15H,3,7-11H2,1-2H3. The zero-order valence-corrected chi connectivity index (χ0v) is 10.4. The molecule has 1 N–H and O–H groups in total. The van der Waals surface area contributed by atoms with Crippen LogP contribution in [0.1, 0.15) is 23.6 Å². The lowest BCUT2D eigenvalue weighted by Gasteiger charge is -2.28. The average molecular weight is 218 g/mol. The second-order valence-corrected chi connectivity index (χ2v) is 4.59. The number of piperazine rings is 1. The molecule has 2 rings (SSSR count). The summed E-state index contributed by atoms with van der Waals surface area (Å²) in [5, 5.41) is 3.40. The van der Waals surface area contributed by atoms with Crippen molar-refractivity contribution in [2.45, 2.75) is 26.8 Å². The van der Waals surface area contributed by atoms with Gasteiger partial charge in [-0.1, -0.05) is 25.1 Å². The van der Waals surface area contributed by atoms with Gasteiger partial charge in [-0.2, -0.15) is 0 Å². The molecule has 1 fully saturated rings. The fraction of sp³-hybridized carbons (Fsp3) is 0.571. The minimum absolute atomic E-state index is 1.12. The van der Waals surface area contributed by atoms with E-state index in [4.69, 9.17) is 0 Å². The smallest absolute Gasteiger partial charge is 0.0240 e. The van der Waals surface area contributed by atoms with Crippen LogP contribution in [0.2, 0.25) is 0 Å². The summed E-state index contributed by atoms with van der Waals surface area (Å²) >= 11 is 0. The van der Waals surface area contributed by atoms with Gasteiger partial charge in [-0.05, 0) is 30.0 Å². The molecular weight excluding hydrogens is 196 g/mol. The molecule has 2 heteroatoms. The first kappa shape index (κ1) is 11.6. The summed E-state index contributed by atoms with van der Waals surface area (Å²) in [6.07, 6.45) is 1.14. The van der Waals surface area contributed by atoms with E-state index in [-0.39, 0.29) is 0 Å². The van der Waals surface area contributed by atoms with Crippen LogP contribution in [0.5, 0.6) is 0 Å². The Hall–Kier alpha value is -0.860. The first-order valence-corrected chi connectivity index (χ1v) is 6.31. The molecule has 88 valence electrons. The van der Waals surface area contributed by atoms with E-state index in [0.717, 1.165) is 26.1 Å². The van der Waals surface area contributed by atoms with Crippen LogP contribution >= 0.6 is 0 Å². The van der Waals surface area contributed by atoms with E-state index in [1.807, 2.05) is 0 Å². The number of nitrogens with one attached hydrogen (secondary N) is 1. The second-order valence-electron chi connectivity index (χ2n) is 4.59. The van der Waals surface area contributed by atoms with Crippen LogP contribution < -0.4 is 5.32 Å². The van der Waals surface area contributed by atoms with Gasteiger partial charge in [-0.3, -0.25) is 4.90 Å². The maximum atomic E-state index is 3.40. The SMILES string of the molecule is CCc1cccc(C)c1CN1CCNCC1. The highest BCUT2D eigenvalue weighted by atomic mass is 15.2. The third-order valence-corrected chi connectivity index (χ3v) is 3.48. The summed E-state index contributed by atoms with van der Waals surface area (Å²) in [4.78, 5) is 2.55. The number of rotatable bonds is 3. The van der Waals surface area contributed by atoms with Crippen molar-refractivity contribution < 1.29 is 0 Å². The Morgan fingerprint density at radius 3 is 2.69 bits per heavy atom. The van der Waals surface area contributed by atoms with E-state index >= 15 is 0 Å². The van der Waals surface area contributed by atoms with E-state index in [9.17, 15) is 0 Å². The molecule has 0 aliphatic carbocycles. The minimum atomic E-state index is 1.12. The van der Waals surface area contributed by atoms with Crippen LogP contribution in [-0.2, 0) is 13.0 Å². The highest BCUT2D eigenvalue weighted by Gasteiger charge is 2.12. The Bertz CT molecular complexity index is 341. The van der Waals surface area contributed by atoms with Crippen LogP contribution in [-0.4, -0.2) is 31.1 Å². The predicted octanol–water partition coefficient (Wildman–Crippen LogP) is 1.96.